The average molecular weight is 363 g/mol. The van der Waals surface area contributed by atoms with Crippen molar-refractivity contribution >= 4 is 5.97 Å². The lowest BCUT2D eigenvalue weighted by atomic mass is 9.99. The van der Waals surface area contributed by atoms with Crippen LogP contribution in [0.4, 0.5) is 0 Å². The number of carbonyl (C=O) groups excluding carboxylic acids is 1. The molecule has 0 unspecified atom stereocenters. The summed E-state index contributed by atoms with van der Waals surface area (Å²) >= 11 is 0. The Morgan fingerprint density at radius 1 is 1.00 bits per heavy atom. The maximum Gasteiger partial charge on any atom is 0.338 e. The minimum Gasteiger partial charge on any atom is -0.497 e. The summed E-state index contributed by atoms with van der Waals surface area (Å²) in [5.41, 5.74) is 3.98. The second kappa shape index (κ2) is 8.36. The molecule has 5 nitrogen and oxygen atoms in total. The molecule has 0 N–H and O–H groups in total. The standard InChI is InChI=1S/C22H21NO4/c1-15-7-6-10-23-21(15)14-27-18-12-16(11-17(13-18)25-2)19-8-4-5-9-20(19)22(24)26-3/h4-13H,14H2,1-3H3. The van der Waals surface area contributed by atoms with Crippen LogP contribution in [0.2, 0.25) is 0 Å². The summed E-state index contributed by atoms with van der Waals surface area (Å²) < 4.78 is 16.2. The second-order valence-electron chi connectivity index (χ2n) is 5.99. The summed E-state index contributed by atoms with van der Waals surface area (Å²) in [6.07, 6.45) is 1.75. The zero-order valence-electron chi connectivity index (χ0n) is 15.6. The lowest BCUT2D eigenvalue weighted by molar-refractivity contribution is 0.0601. The second-order valence-corrected chi connectivity index (χ2v) is 5.99. The summed E-state index contributed by atoms with van der Waals surface area (Å²) in [7, 11) is 2.96. The molecular formula is C22H21NO4. The lowest BCUT2D eigenvalue weighted by Gasteiger charge is -2.13. The highest BCUT2D eigenvalue weighted by atomic mass is 16.5. The van der Waals surface area contributed by atoms with E-state index in [-0.39, 0.29) is 5.97 Å². The van der Waals surface area contributed by atoms with Gasteiger partial charge in [-0.1, -0.05) is 24.3 Å². The highest BCUT2D eigenvalue weighted by molar-refractivity contribution is 5.97. The van der Waals surface area contributed by atoms with Crippen LogP contribution in [0.1, 0.15) is 21.6 Å². The maximum atomic E-state index is 12.1. The van der Waals surface area contributed by atoms with Gasteiger partial charge in [0.15, 0.2) is 0 Å². The molecule has 3 rings (SSSR count). The fraction of sp³-hybridized carbons (Fsp3) is 0.182. The van der Waals surface area contributed by atoms with E-state index in [0.717, 1.165) is 22.4 Å². The molecule has 2 aromatic carbocycles. The molecule has 1 heterocycles. The van der Waals surface area contributed by atoms with Crippen molar-refractivity contribution in [1.29, 1.82) is 0 Å². The number of ether oxygens (including phenoxy) is 3. The van der Waals surface area contributed by atoms with Crippen molar-refractivity contribution in [3.63, 3.8) is 0 Å². The molecule has 0 fully saturated rings. The molecular weight excluding hydrogens is 342 g/mol. The molecule has 0 aliphatic rings. The van der Waals surface area contributed by atoms with E-state index in [1.54, 1.807) is 25.4 Å². The number of methoxy groups -OCH3 is 2. The Kier molecular flexibility index (Phi) is 5.71. The molecule has 0 amide bonds. The molecule has 0 aliphatic heterocycles. The minimum atomic E-state index is -0.389. The molecule has 0 saturated carbocycles. The van der Waals surface area contributed by atoms with Crippen molar-refractivity contribution in [2.45, 2.75) is 13.5 Å². The van der Waals surface area contributed by atoms with Gasteiger partial charge in [0.25, 0.3) is 0 Å². The monoisotopic (exact) mass is 363 g/mol. The number of nitrogens with zero attached hydrogens (tertiary/aromatic N) is 1. The Balaban J connectivity index is 1.95. The lowest BCUT2D eigenvalue weighted by Crippen LogP contribution is -2.04. The van der Waals surface area contributed by atoms with Gasteiger partial charge in [-0.3, -0.25) is 4.98 Å². The maximum absolute atomic E-state index is 12.1. The number of aromatic nitrogens is 1. The van der Waals surface area contributed by atoms with Gasteiger partial charge in [0.1, 0.15) is 18.1 Å². The molecule has 0 radical (unpaired) electrons. The molecule has 3 aromatic rings. The first-order valence-electron chi connectivity index (χ1n) is 8.52. The average Bonchev–Trinajstić information content (AvgIpc) is 2.72. The third-order valence-electron chi connectivity index (χ3n) is 4.25. The first-order chi connectivity index (χ1) is 13.1. The van der Waals surface area contributed by atoms with E-state index in [1.807, 2.05) is 49.4 Å². The molecule has 27 heavy (non-hydrogen) atoms. The van der Waals surface area contributed by atoms with Crippen molar-refractivity contribution in [2.24, 2.45) is 0 Å². The predicted octanol–water partition coefficient (Wildman–Crippen LogP) is 4.43. The Morgan fingerprint density at radius 2 is 1.78 bits per heavy atom. The summed E-state index contributed by atoms with van der Waals surface area (Å²) in [4.78, 5) is 16.4. The van der Waals surface area contributed by atoms with Crippen molar-refractivity contribution in [2.75, 3.05) is 14.2 Å². The van der Waals surface area contributed by atoms with E-state index in [0.29, 0.717) is 23.7 Å². The number of benzene rings is 2. The van der Waals surface area contributed by atoms with Crippen LogP contribution in [-0.2, 0) is 11.3 Å². The Hall–Kier alpha value is -3.34. The van der Waals surface area contributed by atoms with Crippen LogP contribution in [0, 0.1) is 6.92 Å². The third-order valence-corrected chi connectivity index (χ3v) is 4.25. The highest BCUT2D eigenvalue weighted by Crippen LogP contribution is 2.32. The van der Waals surface area contributed by atoms with Crippen LogP contribution in [0.5, 0.6) is 11.5 Å². The fourth-order valence-electron chi connectivity index (χ4n) is 2.77. The van der Waals surface area contributed by atoms with Crippen LogP contribution in [0.25, 0.3) is 11.1 Å². The molecule has 138 valence electrons. The first kappa shape index (κ1) is 18.5. The van der Waals surface area contributed by atoms with Crippen LogP contribution in [0.15, 0.2) is 60.8 Å². The number of pyridine rings is 1. The Morgan fingerprint density at radius 3 is 2.52 bits per heavy atom. The van der Waals surface area contributed by atoms with Crippen molar-refractivity contribution in [1.82, 2.24) is 4.98 Å². The van der Waals surface area contributed by atoms with Crippen LogP contribution in [0.3, 0.4) is 0 Å². The quantitative estimate of drug-likeness (QED) is 0.606. The number of hydrogen-bond donors (Lipinski definition) is 0. The van der Waals surface area contributed by atoms with Gasteiger partial charge in [-0.2, -0.15) is 0 Å². The number of esters is 1. The van der Waals surface area contributed by atoms with E-state index in [1.165, 1.54) is 7.11 Å². The van der Waals surface area contributed by atoms with E-state index in [4.69, 9.17) is 14.2 Å². The highest BCUT2D eigenvalue weighted by Gasteiger charge is 2.14. The number of carbonyl (C=O) groups is 1. The molecule has 0 bridgehead atoms. The van der Waals surface area contributed by atoms with Gasteiger partial charge in [0, 0.05) is 12.3 Å². The van der Waals surface area contributed by atoms with Crippen molar-refractivity contribution < 1.29 is 19.0 Å². The van der Waals surface area contributed by atoms with E-state index in [9.17, 15) is 4.79 Å². The van der Waals surface area contributed by atoms with E-state index >= 15 is 0 Å². The number of aryl methyl sites for hydroxylation is 1. The van der Waals surface area contributed by atoms with Gasteiger partial charge >= 0.3 is 5.97 Å². The third kappa shape index (κ3) is 4.26. The van der Waals surface area contributed by atoms with Gasteiger partial charge in [-0.15, -0.1) is 0 Å². The predicted molar refractivity (Wildman–Crippen MR) is 103 cm³/mol. The Bertz CT molecular complexity index is 953. The van der Waals surface area contributed by atoms with Crippen molar-refractivity contribution in [3.8, 4) is 22.6 Å². The molecule has 5 heteroatoms. The first-order valence-corrected chi connectivity index (χ1v) is 8.52. The zero-order valence-corrected chi connectivity index (χ0v) is 15.6. The fourth-order valence-corrected chi connectivity index (χ4v) is 2.77. The van der Waals surface area contributed by atoms with E-state index in [2.05, 4.69) is 4.98 Å². The molecule has 0 atom stereocenters. The summed E-state index contributed by atoms with van der Waals surface area (Å²) in [6, 6.07) is 16.7. The molecule has 1 aromatic heterocycles. The van der Waals surface area contributed by atoms with Gasteiger partial charge in [0.2, 0.25) is 0 Å². The number of rotatable bonds is 6. The van der Waals surface area contributed by atoms with Gasteiger partial charge < -0.3 is 14.2 Å². The SMILES string of the molecule is COC(=O)c1ccccc1-c1cc(OC)cc(OCc2ncccc2C)c1. The smallest absolute Gasteiger partial charge is 0.338 e. The molecule has 0 saturated heterocycles. The zero-order chi connectivity index (χ0) is 19.2. The molecule has 0 aliphatic carbocycles. The largest absolute Gasteiger partial charge is 0.497 e. The van der Waals surface area contributed by atoms with Gasteiger partial charge in [0.05, 0.1) is 25.5 Å². The molecule has 0 spiro atoms. The Labute approximate surface area is 158 Å². The topological polar surface area (TPSA) is 57.7 Å². The van der Waals surface area contributed by atoms with Crippen molar-refractivity contribution in [3.05, 3.63) is 77.6 Å². The van der Waals surface area contributed by atoms with Crippen LogP contribution < -0.4 is 9.47 Å². The van der Waals surface area contributed by atoms with Gasteiger partial charge in [-0.05, 0) is 47.9 Å². The normalized spacial score (nSPS) is 10.3. The minimum absolute atomic E-state index is 0.345. The number of hydrogen-bond acceptors (Lipinski definition) is 5. The van der Waals surface area contributed by atoms with Crippen LogP contribution in [-0.4, -0.2) is 25.2 Å². The van der Waals surface area contributed by atoms with Crippen LogP contribution >= 0.6 is 0 Å². The summed E-state index contributed by atoms with van der Waals surface area (Å²) in [6.45, 7) is 2.34. The summed E-state index contributed by atoms with van der Waals surface area (Å²) in [5.74, 6) is 0.883. The van der Waals surface area contributed by atoms with Gasteiger partial charge in [-0.25, -0.2) is 4.79 Å². The summed E-state index contributed by atoms with van der Waals surface area (Å²) in [5, 5.41) is 0. The van der Waals surface area contributed by atoms with E-state index < -0.39 is 0 Å².